The van der Waals surface area contributed by atoms with Gasteiger partial charge < -0.3 is 9.47 Å². The van der Waals surface area contributed by atoms with E-state index in [1.54, 1.807) is 12.1 Å². The van der Waals surface area contributed by atoms with Gasteiger partial charge in [-0.05, 0) is 18.1 Å². The maximum atomic E-state index is 11.9. The Balaban J connectivity index is 2.02. The fourth-order valence-corrected chi connectivity index (χ4v) is 1.96. The van der Waals surface area contributed by atoms with E-state index < -0.39 is 18.1 Å². The Bertz CT molecular complexity index is 712. The molecule has 0 bridgehead atoms. The molecule has 124 valence electrons. The van der Waals surface area contributed by atoms with Crippen molar-refractivity contribution in [3.63, 3.8) is 0 Å². The summed E-state index contributed by atoms with van der Waals surface area (Å²) < 4.78 is 9.71. The third-order valence-corrected chi connectivity index (χ3v) is 3.28. The van der Waals surface area contributed by atoms with Gasteiger partial charge in [-0.3, -0.25) is 0 Å². The highest BCUT2D eigenvalue weighted by atomic mass is 16.5. The Labute approximate surface area is 140 Å². The highest BCUT2D eigenvalue weighted by Crippen LogP contribution is 2.20. The molecule has 0 heterocycles. The molecule has 2 rings (SSSR count). The van der Waals surface area contributed by atoms with E-state index in [0.717, 1.165) is 11.1 Å². The second-order valence-electron chi connectivity index (χ2n) is 5.09. The molecular formula is C18H18N2O4. The van der Waals surface area contributed by atoms with Gasteiger partial charge in [-0.1, -0.05) is 65.3 Å². The first kappa shape index (κ1) is 17.3. The van der Waals surface area contributed by atoms with Gasteiger partial charge in [-0.25, -0.2) is 9.59 Å². The minimum Gasteiger partial charge on any atom is -0.467 e. The van der Waals surface area contributed by atoms with Gasteiger partial charge in [0.2, 0.25) is 0 Å². The van der Waals surface area contributed by atoms with E-state index in [4.69, 9.17) is 9.47 Å². The van der Waals surface area contributed by atoms with Crippen molar-refractivity contribution < 1.29 is 19.1 Å². The number of aryl methyl sites for hydroxylation is 1. The molecule has 24 heavy (non-hydrogen) atoms. The Kier molecular flexibility index (Phi) is 6.19. The Morgan fingerprint density at radius 3 is 2.33 bits per heavy atom. The monoisotopic (exact) mass is 326 g/mol. The number of amides is 1. The molecule has 0 radical (unpaired) electrons. The van der Waals surface area contributed by atoms with E-state index in [1.807, 2.05) is 49.4 Å². The van der Waals surface area contributed by atoms with Gasteiger partial charge in [0.15, 0.2) is 6.04 Å². The highest BCUT2D eigenvalue weighted by Gasteiger charge is 2.21. The lowest BCUT2D eigenvalue weighted by molar-refractivity contribution is -0.142. The number of hydrogen-bond donors (Lipinski definition) is 0. The lowest BCUT2D eigenvalue weighted by Gasteiger charge is -2.09. The minimum atomic E-state index is -1.00. The number of ether oxygens (including phenoxy) is 2. The Hall–Kier alpha value is -3.02. The van der Waals surface area contributed by atoms with Crippen molar-refractivity contribution in [1.29, 1.82) is 0 Å². The molecule has 0 spiro atoms. The van der Waals surface area contributed by atoms with Crippen molar-refractivity contribution in [3.05, 3.63) is 71.3 Å². The van der Waals surface area contributed by atoms with Crippen LogP contribution in [-0.2, 0) is 20.9 Å². The summed E-state index contributed by atoms with van der Waals surface area (Å²) in [5.74, 6) is -0.599. The summed E-state index contributed by atoms with van der Waals surface area (Å²) in [6.07, 6.45) is -0.861. The summed E-state index contributed by atoms with van der Waals surface area (Å²) in [6, 6.07) is 15.4. The molecule has 2 aromatic carbocycles. The third kappa shape index (κ3) is 5.01. The van der Waals surface area contributed by atoms with Crippen LogP contribution < -0.4 is 0 Å². The van der Waals surface area contributed by atoms with Gasteiger partial charge in [0, 0.05) is 0 Å². The number of azo groups is 1. The summed E-state index contributed by atoms with van der Waals surface area (Å²) >= 11 is 0. The zero-order chi connectivity index (χ0) is 17.4. The largest absolute Gasteiger partial charge is 0.467 e. The van der Waals surface area contributed by atoms with Crippen LogP contribution in [0.15, 0.2) is 64.8 Å². The average Bonchev–Trinajstić information content (AvgIpc) is 2.62. The Morgan fingerprint density at radius 2 is 1.71 bits per heavy atom. The van der Waals surface area contributed by atoms with E-state index in [-0.39, 0.29) is 6.61 Å². The highest BCUT2D eigenvalue weighted by molar-refractivity contribution is 5.78. The fourth-order valence-electron chi connectivity index (χ4n) is 1.96. The molecule has 1 unspecified atom stereocenters. The molecule has 6 heteroatoms. The lowest BCUT2D eigenvalue weighted by atomic mass is 10.1. The van der Waals surface area contributed by atoms with Gasteiger partial charge in [0.25, 0.3) is 0 Å². The molecule has 2 aromatic rings. The van der Waals surface area contributed by atoms with Crippen molar-refractivity contribution in [2.45, 2.75) is 19.6 Å². The summed E-state index contributed by atoms with van der Waals surface area (Å²) in [5.41, 5.74) is 2.47. The van der Waals surface area contributed by atoms with Crippen LogP contribution >= 0.6 is 0 Å². The Morgan fingerprint density at radius 1 is 1.04 bits per heavy atom. The van der Waals surface area contributed by atoms with E-state index in [9.17, 15) is 9.59 Å². The van der Waals surface area contributed by atoms with Crippen LogP contribution in [-0.4, -0.2) is 19.2 Å². The van der Waals surface area contributed by atoms with E-state index in [2.05, 4.69) is 10.2 Å². The first-order chi connectivity index (χ1) is 11.6. The quantitative estimate of drug-likeness (QED) is 0.614. The zero-order valence-corrected chi connectivity index (χ0v) is 13.5. The average molecular weight is 326 g/mol. The fraction of sp³-hybridized carbons (Fsp3) is 0.222. The summed E-state index contributed by atoms with van der Waals surface area (Å²) in [6.45, 7) is 2.02. The number of methoxy groups -OCH3 is 1. The number of carbonyl (C=O) groups excluding carboxylic acids is 2. The second kappa shape index (κ2) is 8.57. The molecule has 0 aliphatic heterocycles. The number of esters is 1. The summed E-state index contributed by atoms with van der Waals surface area (Å²) in [5, 5.41) is 7.25. The second-order valence-corrected chi connectivity index (χ2v) is 5.09. The molecule has 0 saturated carbocycles. The van der Waals surface area contributed by atoms with Crippen molar-refractivity contribution in [3.8, 4) is 0 Å². The van der Waals surface area contributed by atoms with Crippen molar-refractivity contribution in [2.75, 3.05) is 7.11 Å². The maximum absolute atomic E-state index is 11.9. The van der Waals surface area contributed by atoms with Crippen LogP contribution in [0.4, 0.5) is 4.79 Å². The van der Waals surface area contributed by atoms with Gasteiger partial charge >= 0.3 is 12.1 Å². The smallest absolute Gasteiger partial charge is 0.452 e. The molecular weight excluding hydrogens is 308 g/mol. The zero-order valence-electron chi connectivity index (χ0n) is 13.5. The third-order valence-electron chi connectivity index (χ3n) is 3.28. The van der Waals surface area contributed by atoms with Crippen LogP contribution in [0.3, 0.4) is 0 Å². The van der Waals surface area contributed by atoms with E-state index >= 15 is 0 Å². The molecule has 0 saturated heterocycles. The predicted octanol–water partition coefficient (Wildman–Crippen LogP) is 4.00. The SMILES string of the molecule is COC(=O)C(N=NC(=O)OCc1ccccc1)c1ccc(C)cc1. The van der Waals surface area contributed by atoms with Crippen LogP contribution in [0.25, 0.3) is 0 Å². The van der Waals surface area contributed by atoms with Crippen LogP contribution in [0.2, 0.25) is 0 Å². The number of nitrogens with zero attached hydrogens (tertiary/aromatic N) is 2. The van der Waals surface area contributed by atoms with Crippen molar-refractivity contribution in [1.82, 2.24) is 0 Å². The van der Waals surface area contributed by atoms with Gasteiger partial charge in [0.1, 0.15) is 6.61 Å². The molecule has 1 atom stereocenters. The standard InChI is InChI=1S/C18H18N2O4/c1-13-8-10-15(11-9-13)16(17(21)23-2)19-20-18(22)24-12-14-6-4-3-5-7-14/h3-11,16H,12H2,1-2H3. The molecule has 6 nitrogen and oxygen atoms in total. The van der Waals surface area contributed by atoms with Crippen molar-refractivity contribution >= 4 is 12.1 Å². The lowest BCUT2D eigenvalue weighted by Crippen LogP contribution is -2.12. The molecule has 0 N–H and O–H groups in total. The molecule has 0 aliphatic carbocycles. The summed E-state index contributed by atoms with van der Waals surface area (Å²) in [7, 11) is 1.26. The van der Waals surface area contributed by atoms with Crippen LogP contribution in [0.1, 0.15) is 22.7 Å². The van der Waals surface area contributed by atoms with Gasteiger partial charge in [-0.15, -0.1) is 0 Å². The van der Waals surface area contributed by atoms with E-state index in [0.29, 0.717) is 5.56 Å². The predicted molar refractivity (Wildman–Crippen MR) is 87.4 cm³/mol. The number of rotatable bonds is 5. The number of hydrogen-bond acceptors (Lipinski definition) is 5. The number of carbonyl (C=O) groups is 2. The van der Waals surface area contributed by atoms with Gasteiger partial charge in [0.05, 0.1) is 7.11 Å². The van der Waals surface area contributed by atoms with E-state index in [1.165, 1.54) is 7.11 Å². The van der Waals surface area contributed by atoms with Crippen LogP contribution in [0.5, 0.6) is 0 Å². The van der Waals surface area contributed by atoms with Crippen LogP contribution in [0, 0.1) is 6.92 Å². The summed E-state index contributed by atoms with van der Waals surface area (Å²) in [4.78, 5) is 23.5. The van der Waals surface area contributed by atoms with Gasteiger partial charge in [-0.2, -0.15) is 5.11 Å². The topological polar surface area (TPSA) is 77.3 Å². The molecule has 0 aliphatic rings. The van der Waals surface area contributed by atoms with Crippen molar-refractivity contribution in [2.24, 2.45) is 10.2 Å². The molecule has 0 aromatic heterocycles. The molecule has 1 amide bonds. The molecule has 0 fully saturated rings. The number of benzene rings is 2. The normalized spacial score (nSPS) is 11.9. The first-order valence-corrected chi connectivity index (χ1v) is 7.36. The first-order valence-electron chi connectivity index (χ1n) is 7.36. The minimum absolute atomic E-state index is 0.0894. The maximum Gasteiger partial charge on any atom is 0.452 e.